The molecule has 42 heavy (non-hydrogen) atoms. The monoisotopic (exact) mass is 581 g/mol. The van der Waals surface area contributed by atoms with E-state index >= 15 is 0 Å². The molecule has 2 saturated heterocycles. The summed E-state index contributed by atoms with van der Waals surface area (Å²) in [6.07, 6.45) is 10.3. The average Bonchev–Trinajstić information content (AvgIpc) is 3.33. The molecule has 0 saturated carbocycles. The Labute approximate surface area is 245 Å². The van der Waals surface area contributed by atoms with Crippen LogP contribution in [0, 0.1) is 5.92 Å². The van der Waals surface area contributed by atoms with Crippen LogP contribution in [-0.4, -0.2) is 61.8 Å². The Kier molecular flexibility index (Phi) is 7.89. The fourth-order valence-corrected chi connectivity index (χ4v) is 5.89. The first kappa shape index (κ1) is 27.5. The number of anilines is 1. The summed E-state index contributed by atoms with van der Waals surface area (Å²) < 4.78 is 0. The number of pyridine rings is 2. The number of carboxylic acids is 1. The third-order valence-corrected chi connectivity index (χ3v) is 8.17. The molecule has 11 nitrogen and oxygen atoms in total. The maximum Gasteiger partial charge on any atom is 0.337 e. The summed E-state index contributed by atoms with van der Waals surface area (Å²) in [4.78, 5) is 55.6. The molecule has 1 aromatic carbocycles. The zero-order valence-electron chi connectivity index (χ0n) is 22.5. The van der Waals surface area contributed by atoms with E-state index in [2.05, 4.69) is 35.5 Å². The highest BCUT2D eigenvalue weighted by molar-refractivity contribution is 8.18. The number of rotatable bonds is 8. The van der Waals surface area contributed by atoms with E-state index in [0.717, 1.165) is 66.1 Å². The lowest BCUT2D eigenvalue weighted by Crippen LogP contribution is -2.38. The number of piperidine rings is 1. The molecule has 0 aliphatic carbocycles. The topological polar surface area (TPSA) is 150 Å². The maximum absolute atomic E-state index is 12.2. The van der Waals surface area contributed by atoms with Crippen molar-refractivity contribution in [3.05, 3.63) is 82.9 Å². The minimum atomic E-state index is -1.01. The number of carbonyl (C=O) groups excluding carboxylic acids is 2. The van der Waals surface area contributed by atoms with Gasteiger partial charge in [-0.2, -0.15) is 0 Å². The molecule has 0 spiro atoms. The van der Waals surface area contributed by atoms with Crippen LogP contribution in [0.2, 0.25) is 0 Å². The number of aromatic nitrogens is 4. The fourth-order valence-electron chi connectivity index (χ4n) is 5.22. The van der Waals surface area contributed by atoms with Gasteiger partial charge in [0.15, 0.2) is 0 Å². The minimum Gasteiger partial charge on any atom is -0.478 e. The number of imide groups is 1. The Balaban J connectivity index is 1.05. The van der Waals surface area contributed by atoms with Gasteiger partial charge in [0.1, 0.15) is 0 Å². The van der Waals surface area contributed by atoms with Crippen LogP contribution in [0.3, 0.4) is 0 Å². The van der Waals surface area contributed by atoms with Crippen LogP contribution < -0.4 is 15.5 Å². The van der Waals surface area contributed by atoms with Crippen LogP contribution in [-0.2, 0) is 11.3 Å². The van der Waals surface area contributed by atoms with E-state index in [0.29, 0.717) is 34.7 Å². The number of amides is 2. The Morgan fingerprint density at radius 1 is 1.12 bits per heavy atom. The van der Waals surface area contributed by atoms with Crippen molar-refractivity contribution in [2.75, 3.05) is 24.5 Å². The molecule has 6 rings (SSSR count). The van der Waals surface area contributed by atoms with Gasteiger partial charge < -0.3 is 15.3 Å². The molecule has 2 aliphatic rings. The predicted octanol–water partition coefficient (Wildman–Crippen LogP) is 4.12. The molecule has 2 aliphatic heterocycles. The molecule has 2 fully saturated rings. The fraction of sp³-hybridized carbons (Fsp3) is 0.233. The summed E-state index contributed by atoms with van der Waals surface area (Å²) in [5, 5.41) is 17.1. The number of nitrogens with one attached hydrogen (secondary N) is 2. The molecule has 3 aromatic heterocycles. The van der Waals surface area contributed by atoms with E-state index < -0.39 is 11.9 Å². The zero-order valence-corrected chi connectivity index (χ0v) is 23.3. The largest absolute Gasteiger partial charge is 0.478 e. The van der Waals surface area contributed by atoms with Gasteiger partial charge >= 0.3 is 5.97 Å². The van der Waals surface area contributed by atoms with Gasteiger partial charge in [-0.3, -0.25) is 24.9 Å². The number of benzene rings is 1. The Hall–Kier alpha value is -4.68. The summed E-state index contributed by atoms with van der Waals surface area (Å²) in [5.74, 6) is -0.377. The number of nitrogens with zero attached hydrogens (tertiary/aromatic N) is 5. The summed E-state index contributed by atoms with van der Waals surface area (Å²) in [6.45, 7) is 2.89. The van der Waals surface area contributed by atoms with Gasteiger partial charge in [0, 0.05) is 55.4 Å². The first-order valence-electron chi connectivity index (χ1n) is 13.5. The summed E-state index contributed by atoms with van der Waals surface area (Å²) in [5.41, 5.74) is 2.77. The van der Waals surface area contributed by atoms with Gasteiger partial charge in [-0.15, -0.1) is 0 Å². The molecular weight excluding hydrogens is 554 g/mol. The number of fused-ring (bicyclic) bond motifs is 1. The number of thioether (sulfide) groups is 1. The minimum absolute atomic E-state index is 0.170. The van der Waals surface area contributed by atoms with Gasteiger partial charge in [-0.05, 0) is 72.3 Å². The smallest absolute Gasteiger partial charge is 0.337 e. The van der Waals surface area contributed by atoms with Crippen molar-refractivity contribution in [1.29, 1.82) is 0 Å². The van der Waals surface area contributed by atoms with E-state index in [1.807, 2.05) is 24.3 Å². The molecule has 0 bridgehead atoms. The predicted molar refractivity (Wildman–Crippen MR) is 160 cm³/mol. The van der Waals surface area contributed by atoms with Crippen molar-refractivity contribution in [1.82, 2.24) is 30.6 Å². The molecule has 2 amide bonds. The Morgan fingerprint density at radius 3 is 2.76 bits per heavy atom. The molecule has 212 valence electrons. The van der Waals surface area contributed by atoms with Gasteiger partial charge in [0.25, 0.3) is 11.1 Å². The molecule has 3 N–H and O–H groups in total. The molecule has 4 aromatic rings. The quantitative estimate of drug-likeness (QED) is 0.258. The van der Waals surface area contributed by atoms with E-state index in [-0.39, 0.29) is 10.8 Å². The lowest BCUT2D eigenvalue weighted by molar-refractivity contribution is -0.115. The highest BCUT2D eigenvalue weighted by atomic mass is 32.2. The third-order valence-electron chi connectivity index (χ3n) is 7.36. The zero-order chi connectivity index (χ0) is 29.1. The van der Waals surface area contributed by atoms with Gasteiger partial charge in [-0.1, -0.05) is 18.2 Å². The highest BCUT2D eigenvalue weighted by Crippen LogP contribution is 2.30. The molecule has 5 heterocycles. The lowest BCUT2D eigenvalue weighted by Gasteiger charge is -2.32. The second-order valence-corrected chi connectivity index (χ2v) is 11.2. The van der Waals surface area contributed by atoms with Gasteiger partial charge in [-0.25, -0.2) is 14.8 Å². The summed E-state index contributed by atoms with van der Waals surface area (Å²) in [7, 11) is 0. The number of aromatic carboxylic acids is 1. The number of hydrogen-bond donors (Lipinski definition) is 3. The average molecular weight is 582 g/mol. The third kappa shape index (κ3) is 5.99. The van der Waals surface area contributed by atoms with Crippen LogP contribution in [0.25, 0.3) is 28.1 Å². The second-order valence-electron chi connectivity index (χ2n) is 10.1. The van der Waals surface area contributed by atoms with Crippen LogP contribution in [0.1, 0.15) is 34.5 Å². The van der Waals surface area contributed by atoms with E-state index in [9.17, 15) is 19.5 Å². The number of hydrogen-bond acceptors (Lipinski definition) is 10. The van der Waals surface area contributed by atoms with Crippen LogP contribution in [0.15, 0.2) is 66.1 Å². The standard InChI is InChI=1S/C30H27N7O4S/c38-27-25(42-30(41)36-27)13-21-4-9-33-29(35-21)37-10-6-18(7-11-37)14-32-15-19-12-24(28(39)40)26(34-16-19)23-3-1-2-20-17-31-8-5-22(20)23/h1-5,8-9,12-13,16-18,32H,6-7,10-11,14-15H2,(H,39,40)(H,36,38,41)/b25-13+. The summed E-state index contributed by atoms with van der Waals surface area (Å²) >= 11 is 0.864. The van der Waals surface area contributed by atoms with E-state index in [4.69, 9.17) is 0 Å². The Morgan fingerprint density at radius 2 is 1.98 bits per heavy atom. The normalized spacial score (nSPS) is 16.8. The lowest BCUT2D eigenvalue weighted by atomic mass is 9.96. The van der Waals surface area contributed by atoms with Crippen LogP contribution in [0.5, 0.6) is 0 Å². The van der Waals surface area contributed by atoms with Gasteiger partial charge in [0.05, 0.1) is 21.9 Å². The number of carbonyl (C=O) groups is 3. The summed E-state index contributed by atoms with van der Waals surface area (Å²) in [6, 6.07) is 11.0. The second kappa shape index (κ2) is 12.0. The van der Waals surface area contributed by atoms with Gasteiger partial charge in [0.2, 0.25) is 5.95 Å². The van der Waals surface area contributed by atoms with Crippen molar-refractivity contribution >= 4 is 51.7 Å². The van der Waals surface area contributed by atoms with Crippen molar-refractivity contribution in [3.8, 4) is 11.3 Å². The van der Waals surface area contributed by atoms with Crippen molar-refractivity contribution in [2.24, 2.45) is 5.92 Å². The van der Waals surface area contributed by atoms with Crippen molar-refractivity contribution < 1.29 is 19.5 Å². The molecule has 0 unspecified atom stereocenters. The number of carboxylic acid groups (broad SMARTS) is 1. The van der Waals surface area contributed by atoms with Crippen molar-refractivity contribution in [2.45, 2.75) is 19.4 Å². The van der Waals surface area contributed by atoms with Crippen LogP contribution in [0.4, 0.5) is 10.7 Å². The molecule has 0 atom stereocenters. The first-order chi connectivity index (χ1) is 20.4. The maximum atomic E-state index is 12.2. The van der Waals surface area contributed by atoms with Crippen molar-refractivity contribution in [3.63, 3.8) is 0 Å². The van der Waals surface area contributed by atoms with E-state index in [1.165, 1.54) is 0 Å². The molecule has 12 heteroatoms. The van der Waals surface area contributed by atoms with E-state index in [1.54, 1.807) is 43.0 Å². The molecular formula is C30H27N7O4S. The molecule has 0 radical (unpaired) electrons. The first-order valence-corrected chi connectivity index (χ1v) is 14.3. The van der Waals surface area contributed by atoms with Crippen LogP contribution >= 0.6 is 11.8 Å². The SMILES string of the molecule is O=C1NC(=O)/C(=C\c2ccnc(N3CCC(CNCc4cnc(-c5cccc6cnccc56)c(C(=O)O)c4)CC3)n2)S1. The Bertz CT molecular complexity index is 1710. The highest BCUT2D eigenvalue weighted by Gasteiger charge is 2.26.